The van der Waals surface area contributed by atoms with Crippen LogP contribution in [0.15, 0.2) is 54.9 Å². The van der Waals surface area contributed by atoms with Crippen molar-refractivity contribution < 1.29 is 13.9 Å². The van der Waals surface area contributed by atoms with Crippen molar-refractivity contribution in [2.45, 2.75) is 12.3 Å². The average molecular weight is 337 g/mol. The number of nitrogens with one attached hydrogen (secondary N) is 1. The molecule has 1 atom stereocenters. The molecule has 0 radical (unpaired) electrons. The lowest BCUT2D eigenvalue weighted by Crippen LogP contribution is -2.25. The van der Waals surface area contributed by atoms with Gasteiger partial charge in [0.2, 0.25) is 5.91 Å². The number of fused-ring (bicyclic) bond motifs is 1. The second-order valence-corrected chi connectivity index (χ2v) is 5.87. The molecule has 4 rings (SSSR count). The summed E-state index contributed by atoms with van der Waals surface area (Å²) < 4.78 is 20.4. The Morgan fingerprint density at radius 1 is 1.20 bits per heavy atom. The van der Waals surface area contributed by atoms with Crippen molar-refractivity contribution in [1.29, 1.82) is 0 Å². The minimum atomic E-state index is -0.311. The highest BCUT2D eigenvalue weighted by Gasteiger charge is 2.32. The second-order valence-electron chi connectivity index (χ2n) is 5.87. The molecule has 0 bridgehead atoms. The normalized spacial score (nSPS) is 16.2. The first-order valence-electron chi connectivity index (χ1n) is 7.93. The lowest BCUT2D eigenvalue weighted by Gasteiger charge is -2.24. The van der Waals surface area contributed by atoms with Crippen LogP contribution in [-0.2, 0) is 4.79 Å². The van der Waals surface area contributed by atoms with Crippen molar-refractivity contribution in [1.82, 2.24) is 9.55 Å². The number of carbonyl (C=O) groups is 1. The third kappa shape index (κ3) is 2.65. The lowest BCUT2D eigenvalue weighted by molar-refractivity contribution is -0.116. The Labute approximate surface area is 144 Å². The summed E-state index contributed by atoms with van der Waals surface area (Å²) in [5.41, 5.74) is 2.43. The summed E-state index contributed by atoms with van der Waals surface area (Å²) in [5.74, 6) is 0.741. The van der Waals surface area contributed by atoms with Gasteiger partial charge in [-0.1, -0.05) is 18.2 Å². The highest BCUT2D eigenvalue weighted by molar-refractivity contribution is 5.94. The fraction of sp³-hybridized carbons (Fsp3) is 0.158. The third-order valence-corrected chi connectivity index (χ3v) is 4.39. The van der Waals surface area contributed by atoms with Gasteiger partial charge in [0.15, 0.2) is 0 Å². The highest BCUT2D eigenvalue weighted by Crippen LogP contribution is 2.40. The zero-order valence-electron chi connectivity index (χ0n) is 13.6. The Morgan fingerprint density at radius 2 is 1.96 bits per heavy atom. The van der Waals surface area contributed by atoms with E-state index in [9.17, 15) is 9.18 Å². The monoisotopic (exact) mass is 337 g/mol. The number of carbonyl (C=O) groups excluding carboxylic acids is 1. The molecule has 5 nitrogen and oxygen atoms in total. The highest BCUT2D eigenvalue weighted by atomic mass is 19.1. The van der Waals surface area contributed by atoms with Crippen LogP contribution < -0.4 is 10.1 Å². The van der Waals surface area contributed by atoms with Gasteiger partial charge >= 0.3 is 0 Å². The van der Waals surface area contributed by atoms with Crippen LogP contribution >= 0.6 is 0 Å². The van der Waals surface area contributed by atoms with Crippen LogP contribution in [0.1, 0.15) is 23.6 Å². The number of hydrogen-bond donors (Lipinski definition) is 1. The number of ether oxygens (including phenoxy) is 1. The van der Waals surface area contributed by atoms with E-state index in [0.717, 1.165) is 22.7 Å². The van der Waals surface area contributed by atoms with Gasteiger partial charge in [0.1, 0.15) is 23.7 Å². The third-order valence-electron chi connectivity index (χ3n) is 4.39. The van der Waals surface area contributed by atoms with Gasteiger partial charge in [0.05, 0.1) is 12.8 Å². The predicted octanol–water partition coefficient (Wildman–Crippen LogP) is 3.49. The maximum atomic E-state index is 13.2. The largest absolute Gasteiger partial charge is 0.496 e. The number of para-hydroxylation sites is 1. The van der Waals surface area contributed by atoms with Gasteiger partial charge in [0.25, 0.3) is 0 Å². The number of rotatable bonds is 3. The molecule has 1 aliphatic rings. The molecule has 1 N–H and O–H groups in total. The van der Waals surface area contributed by atoms with Crippen LogP contribution in [0, 0.1) is 5.82 Å². The molecular weight excluding hydrogens is 321 g/mol. The summed E-state index contributed by atoms with van der Waals surface area (Å²) in [4.78, 5) is 16.8. The van der Waals surface area contributed by atoms with E-state index in [0.29, 0.717) is 12.2 Å². The quantitative estimate of drug-likeness (QED) is 0.796. The maximum absolute atomic E-state index is 13.2. The number of amides is 1. The summed E-state index contributed by atoms with van der Waals surface area (Å²) in [5, 5.41) is 2.89. The van der Waals surface area contributed by atoms with Crippen molar-refractivity contribution in [2.24, 2.45) is 0 Å². The SMILES string of the molecule is COc1ccccc1[C@H]1CC(=O)Nc2c1ncn2-c1ccc(F)cc1. The lowest BCUT2D eigenvalue weighted by atomic mass is 9.89. The summed E-state index contributed by atoms with van der Waals surface area (Å²) in [6.45, 7) is 0. The zero-order chi connectivity index (χ0) is 17.4. The Hall–Kier alpha value is -3.15. The van der Waals surface area contributed by atoms with Crippen LogP contribution in [0.5, 0.6) is 5.75 Å². The average Bonchev–Trinajstić information content (AvgIpc) is 3.05. The van der Waals surface area contributed by atoms with Crippen molar-refractivity contribution >= 4 is 11.7 Å². The molecule has 2 heterocycles. The number of benzene rings is 2. The molecule has 0 saturated heterocycles. The van der Waals surface area contributed by atoms with E-state index >= 15 is 0 Å². The molecule has 0 unspecified atom stereocenters. The molecule has 0 aliphatic carbocycles. The van der Waals surface area contributed by atoms with Crippen LogP contribution in [0.4, 0.5) is 10.2 Å². The molecule has 6 heteroatoms. The minimum Gasteiger partial charge on any atom is -0.496 e. The predicted molar refractivity (Wildman–Crippen MR) is 91.6 cm³/mol. The van der Waals surface area contributed by atoms with Gasteiger partial charge in [-0.3, -0.25) is 9.36 Å². The molecule has 3 aromatic rings. The van der Waals surface area contributed by atoms with Gasteiger partial charge in [-0.25, -0.2) is 9.37 Å². The molecular formula is C19H16FN3O2. The van der Waals surface area contributed by atoms with Crippen LogP contribution in [0.25, 0.3) is 5.69 Å². The Morgan fingerprint density at radius 3 is 2.72 bits per heavy atom. The molecule has 1 aliphatic heterocycles. The van der Waals surface area contributed by atoms with Gasteiger partial charge in [-0.2, -0.15) is 0 Å². The van der Waals surface area contributed by atoms with Crippen LogP contribution in [0.2, 0.25) is 0 Å². The fourth-order valence-corrected chi connectivity index (χ4v) is 3.22. The van der Waals surface area contributed by atoms with Crippen molar-refractivity contribution in [3.63, 3.8) is 0 Å². The molecule has 1 aromatic heterocycles. The fourth-order valence-electron chi connectivity index (χ4n) is 3.22. The van der Waals surface area contributed by atoms with E-state index in [1.165, 1.54) is 12.1 Å². The number of hydrogen-bond acceptors (Lipinski definition) is 3. The molecule has 1 amide bonds. The molecule has 0 fully saturated rings. The number of halogens is 1. The standard InChI is InChI=1S/C19H16FN3O2/c1-25-16-5-3-2-4-14(16)15-10-17(24)22-19-18(15)21-11-23(19)13-8-6-12(20)7-9-13/h2-9,11,15H,10H2,1H3,(H,22,24)/t15-/m1/s1. The summed E-state index contributed by atoms with van der Waals surface area (Å²) in [6.07, 6.45) is 1.94. The van der Waals surface area contributed by atoms with Gasteiger partial charge in [-0.15, -0.1) is 0 Å². The summed E-state index contributed by atoms with van der Waals surface area (Å²) >= 11 is 0. The summed E-state index contributed by atoms with van der Waals surface area (Å²) in [7, 11) is 1.61. The van der Waals surface area contributed by atoms with E-state index in [-0.39, 0.29) is 17.6 Å². The van der Waals surface area contributed by atoms with E-state index < -0.39 is 0 Å². The molecule has 0 saturated carbocycles. The molecule has 0 spiro atoms. The molecule has 25 heavy (non-hydrogen) atoms. The van der Waals surface area contributed by atoms with Crippen molar-refractivity contribution in [3.05, 3.63) is 71.9 Å². The van der Waals surface area contributed by atoms with Gasteiger partial charge in [0, 0.05) is 23.6 Å². The van der Waals surface area contributed by atoms with E-state index in [2.05, 4.69) is 10.3 Å². The first-order valence-corrected chi connectivity index (χ1v) is 7.93. The number of aromatic nitrogens is 2. The van der Waals surface area contributed by atoms with E-state index in [4.69, 9.17) is 4.74 Å². The van der Waals surface area contributed by atoms with Gasteiger partial charge in [-0.05, 0) is 30.3 Å². The molecule has 126 valence electrons. The minimum absolute atomic E-state index is 0.0905. The molecule has 2 aromatic carbocycles. The number of imidazole rings is 1. The number of nitrogens with zero attached hydrogens (tertiary/aromatic N) is 2. The maximum Gasteiger partial charge on any atom is 0.226 e. The Balaban J connectivity index is 1.83. The smallest absolute Gasteiger partial charge is 0.226 e. The van der Waals surface area contributed by atoms with E-state index in [1.807, 2.05) is 24.3 Å². The van der Waals surface area contributed by atoms with Crippen molar-refractivity contribution in [2.75, 3.05) is 12.4 Å². The Bertz CT molecular complexity index is 934. The first-order chi connectivity index (χ1) is 12.2. The van der Waals surface area contributed by atoms with Crippen LogP contribution in [0.3, 0.4) is 0 Å². The first kappa shape index (κ1) is 15.4. The number of anilines is 1. The van der Waals surface area contributed by atoms with Gasteiger partial charge < -0.3 is 10.1 Å². The zero-order valence-corrected chi connectivity index (χ0v) is 13.6. The van der Waals surface area contributed by atoms with E-state index in [1.54, 1.807) is 30.1 Å². The number of methoxy groups -OCH3 is 1. The van der Waals surface area contributed by atoms with Crippen LogP contribution in [-0.4, -0.2) is 22.6 Å². The summed E-state index contributed by atoms with van der Waals surface area (Å²) in [6, 6.07) is 13.7. The van der Waals surface area contributed by atoms with Crippen molar-refractivity contribution in [3.8, 4) is 11.4 Å². The topological polar surface area (TPSA) is 56.1 Å². The Kier molecular flexibility index (Phi) is 3.72. The second kappa shape index (κ2) is 6.05.